The van der Waals surface area contributed by atoms with E-state index in [9.17, 15) is 14.7 Å². The summed E-state index contributed by atoms with van der Waals surface area (Å²) in [5.41, 5.74) is 0.778. The van der Waals surface area contributed by atoms with Crippen LogP contribution in [0.2, 0.25) is 0 Å². The summed E-state index contributed by atoms with van der Waals surface area (Å²) in [5, 5.41) is 12.1. The molecule has 0 bridgehead atoms. The molecule has 21 heavy (non-hydrogen) atoms. The lowest BCUT2D eigenvalue weighted by molar-refractivity contribution is -0.120. The molecule has 114 valence electrons. The molecule has 2 N–H and O–H groups in total. The molecule has 1 aromatic rings. The Balaban J connectivity index is 2.17. The van der Waals surface area contributed by atoms with E-state index in [2.05, 4.69) is 5.32 Å². The Kier molecular flexibility index (Phi) is 4.67. The minimum Gasteiger partial charge on any atom is -0.489 e. The number of anilines is 1. The summed E-state index contributed by atoms with van der Waals surface area (Å²) in [6.07, 6.45) is 0.870. The highest BCUT2D eigenvalue weighted by Gasteiger charge is 2.25. The molecule has 2 rings (SSSR count). The predicted octanol–water partition coefficient (Wildman–Crippen LogP) is 1.50. The largest absolute Gasteiger partial charge is 0.489 e. The maximum absolute atomic E-state index is 12.0. The van der Waals surface area contributed by atoms with E-state index in [4.69, 9.17) is 4.74 Å². The van der Waals surface area contributed by atoms with Crippen molar-refractivity contribution in [2.45, 2.75) is 26.3 Å². The number of carbonyl (C=O) groups is 2. The molecule has 1 aliphatic heterocycles. The van der Waals surface area contributed by atoms with Gasteiger partial charge in [-0.2, -0.15) is 0 Å². The van der Waals surface area contributed by atoms with Crippen molar-refractivity contribution < 1.29 is 19.4 Å². The monoisotopic (exact) mass is 292 g/mol. The van der Waals surface area contributed by atoms with Crippen LogP contribution in [0.5, 0.6) is 5.75 Å². The second-order valence-corrected chi connectivity index (χ2v) is 5.11. The van der Waals surface area contributed by atoms with Crippen molar-refractivity contribution in [1.82, 2.24) is 5.32 Å². The van der Waals surface area contributed by atoms with Gasteiger partial charge in [-0.1, -0.05) is 13.0 Å². The minimum atomic E-state index is -1.03. The number of carboxylic acid groups (broad SMARTS) is 1. The number of hydrogen-bond donors (Lipinski definition) is 2. The molecule has 0 spiro atoms. The minimum absolute atomic E-state index is 0.0714. The molecular weight excluding hydrogens is 272 g/mol. The Morgan fingerprint density at radius 1 is 1.48 bits per heavy atom. The van der Waals surface area contributed by atoms with Gasteiger partial charge in [-0.25, -0.2) is 4.79 Å². The number of fused-ring (bicyclic) bond motifs is 1. The van der Waals surface area contributed by atoms with Crippen LogP contribution in [-0.2, 0) is 4.79 Å². The maximum atomic E-state index is 12.0. The first kappa shape index (κ1) is 15.2. The number of rotatable bonds is 5. The number of benzene rings is 1. The molecule has 1 amide bonds. The molecule has 0 aromatic heterocycles. The maximum Gasteiger partial charge on any atom is 0.339 e. The summed E-state index contributed by atoms with van der Waals surface area (Å²) in [5.74, 6) is -0.761. The summed E-state index contributed by atoms with van der Waals surface area (Å²) in [7, 11) is 0. The van der Waals surface area contributed by atoms with Crippen molar-refractivity contribution in [2.24, 2.45) is 0 Å². The number of carboxylic acids is 1. The fraction of sp³-hybridized carbons (Fsp3) is 0.467. The van der Waals surface area contributed by atoms with Crippen LogP contribution in [0, 0.1) is 0 Å². The van der Waals surface area contributed by atoms with Crippen LogP contribution in [0.1, 0.15) is 30.6 Å². The first-order chi connectivity index (χ1) is 10.0. The van der Waals surface area contributed by atoms with E-state index in [0.29, 0.717) is 24.6 Å². The van der Waals surface area contributed by atoms with Gasteiger partial charge < -0.3 is 20.1 Å². The first-order valence-corrected chi connectivity index (χ1v) is 7.06. The molecule has 0 saturated carbocycles. The molecule has 1 aliphatic rings. The van der Waals surface area contributed by atoms with Crippen LogP contribution in [0.25, 0.3) is 0 Å². The number of aromatic carboxylic acids is 1. The molecule has 6 nitrogen and oxygen atoms in total. The first-order valence-electron chi connectivity index (χ1n) is 7.06. The molecule has 6 heteroatoms. The Bertz CT molecular complexity index is 544. The number of nitrogens with one attached hydrogen (secondary N) is 1. The fourth-order valence-corrected chi connectivity index (χ4v) is 2.23. The van der Waals surface area contributed by atoms with Gasteiger partial charge in [0, 0.05) is 6.04 Å². The van der Waals surface area contributed by atoms with Crippen molar-refractivity contribution in [3.05, 3.63) is 23.8 Å². The van der Waals surface area contributed by atoms with Crippen molar-refractivity contribution >= 4 is 17.6 Å². The number of para-hydroxylation sites is 1. The van der Waals surface area contributed by atoms with E-state index in [1.165, 1.54) is 6.07 Å². The quantitative estimate of drug-likeness (QED) is 0.860. The van der Waals surface area contributed by atoms with Crippen LogP contribution < -0.4 is 15.0 Å². The zero-order chi connectivity index (χ0) is 15.4. The predicted molar refractivity (Wildman–Crippen MR) is 79.0 cm³/mol. The van der Waals surface area contributed by atoms with Crippen LogP contribution in [-0.4, -0.2) is 42.7 Å². The molecule has 0 aliphatic carbocycles. The van der Waals surface area contributed by atoms with Crippen LogP contribution >= 0.6 is 0 Å². The molecule has 1 atom stereocenters. The van der Waals surface area contributed by atoms with Crippen molar-refractivity contribution in [1.29, 1.82) is 0 Å². The highest BCUT2D eigenvalue weighted by atomic mass is 16.5. The van der Waals surface area contributed by atoms with Crippen LogP contribution in [0.3, 0.4) is 0 Å². The molecule has 1 heterocycles. The lowest BCUT2D eigenvalue weighted by Crippen LogP contribution is -2.43. The van der Waals surface area contributed by atoms with Crippen molar-refractivity contribution in [3.8, 4) is 5.75 Å². The number of amides is 1. The third-order valence-electron chi connectivity index (χ3n) is 3.53. The second-order valence-electron chi connectivity index (χ2n) is 5.11. The Hall–Kier alpha value is -2.24. The van der Waals surface area contributed by atoms with Gasteiger partial charge in [-0.3, -0.25) is 4.79 Å². The SMILES string of the molecule is CCC(C)NC(=O)CN1CCOc2c(C(=O)O)cccc21. The standard InChI is InChI=1S/C15H20N2O4/c1-3-10(2)16-13(18)9-17-7-8-21-14-11(15(19)20)5-4-6-12(14)17/h4-6,10H,3,7-9H2,1-2H3,(H,16,18)(H,19,20). The van der Waals surface area contributed by atoms with Gasteiger partial charge >= 0.3 is 5.97 Å². The van der Waals surface area contributed by atoms with E-state index >= 15 is 0 Å². The molecule has 1 aromatic carbocycles. The van der Waals surface area contributed by atoms with Gasteiger partial charge in [0.15, 0.2) is 5.75 Å². The van der Waals surface area contributed by atoms with E-state index in [-0.39, 0.29) is 24.1 Å². The molecular formula is C15H20N2O4. The van der Waals surface area contributed by atoms with Gasteiger partial charge in [-0.05, 0) is 25.5 Å². The van der Waals surface area contributed by atoms with Crippen molar-refractivity contribution in [3.63, 3.8) is 0 Å². The zero-order valence-electron chi connectivity index (χ0n) is 12.3. The summed E-state index contributed by atoms with van der Waals surface area (Å²) in [4.78, 5) is 25.1. The Labute approximate surface area is 123 Å². The molecule has 1 unspecified atom stereocenters. The third kappa shape index (κ3) is 3.45. The van der Waals surface area contributed by atoms with Gasteiger partial charge in [0.05, 0.1) is 18.8 Å². The molecule has 0 saturated heterocycles. The average molecular weight is 292 g/mol. The van der Waals surface area contributed by atoms with E-state index in [0.717, 1.165) is 6.42 Å². The number of nitrogens with zero attached hydrogens (tertiary/aromatic N) is 1. The highest BCUT2D eigenvalue weighted by molar-refractivity contribution is 5.94. The Morgan fingerprint density at radius 3 is 2.90 bits per heavy atom. The lowest BCUT2D eigenvalue weighted by atomic mass is 10.1. The van der Waals surface area contributed by atoms with Gasteiger partial charge in [0.2, 0.25) is 5.91 Å². The average Bonchev–Trinajstić information content (AvgIpc) is 2.46. The highest BCUT2D eigenvalue weighted by Crippen LogP contribution is 2.34. The van der Waals surface area contributed by atoms with E-state index in [1.54, 1.807) is 12.1 Å². The summed E-state index contributed by atoms with van der Waals surface area (Å²) < 4.78 is 5.48. The normalized spacial score (nSPS) is 14.9. The van der Waals surface area contributed by atoms with Gasteiger partial charge in [0.1, 0.15) is 12.2 Å². The third-order valence-corrected chi connectivity index (χ3v) is 3.53. The summed E-state index contributed by atoms with van der Waals surface area (Å²) >= 11 is 0. The second kappa shape index (κ2) is 6.47. The molecule has 0 radical (unpaired) electrons. The van der Waals surface area contributed by atoms with Crippen LogP contribution in [0.4, 0.5) is 5.69 Å². The number of ether oxygens (including phenoxy) is 1. The van der Waals surface area contributed by atoms with Crippen molar-refractivity contribution in [2.75, 3.05) is 24.6 Å². The lowest BCUT2D eigenvalue weighted by Gasteiger charge is -2.31. The van der Waals surface area contributed by atoms with Gasteiger partial charge in [0.25, 0.3) is 0 Å². The number of carbonyl (C=O) groups excluding carboxylic acids is 1. The van der Waals surface area contributed by atoms with Crippen LogP contribution in [0.15, 0.2) is 18.2 Å². The van der Waals surface area contributed by atoms with E-state index < -0.39 is 5.97 Å². The summed E-state index contributed by atoms with van der Waals surface area (Å²) in [6, 6.07) is 5.07. The number of hydrogen-bond acceptors (Lipinski definition) is 4. The fourth-order valence-electron chi connectivity index (χ4n) is 2.23. The smallest absolute Gasteiger partial charge is 0.339 e. The summed E-state index contributed by atoms with van der Waals surface area (Å²) in [6.45, 7) is 5.09. The zero-order valence-corrected chi connectivity index (χ0v) is 12.3. The Morgan fingerprint density at radius 2 is 2.24 bits per heavy atom. The van der Waals surface area contributed by atoms with E-state index in [1.807, 2.05) is 18.7 Å². The topological polar surface area (TPSA) is 78.9 Å². The van der Waals surface area contributed by atoms with Gasteiger partial charge in [-0.15, -0.1) is 0 Å². The molecule has 0 fully saturated rings.